The van der Waals surface area contributed by atoms with Gasteiger partial charge in [0.15, 0.2) is 0 Å². The van der Waals surface area contributed by atoms with Gasteiger partial charge in [0, 0.05) is 5.56 Å². The fraction of sp³-hybridized carbons (Fsp3) is 0.455. The third-order valence-electron chi connectivity index (χ3n) is 2.39. The van der Waals surface area contributed by atoms with Crippen LogP contribution in [-0.2, 0) is 0 Å². The first-order valence-electron chi connectivity index (χ1n) is 5.23. The van der Waals surface area contributed by atoms with E-state index in [1.54, 1.807) is 6.92 Å². The number of aliphatic hydroxyl groups is 1. The van der Waals surface area contributed by atoms with Gasteiger partial charge < -0.3 is 15.6 Å². The number of ether oxygens (including phenoxy) is 1. The molecule has 7 heteroatoms. The molecule has 0 aromatic heterocycles. The molecule has 1 aromatic rings. The standard InChI is InChI=1S/C11H13F4NO2/c1-2-9(17)10(16)7-5-6(3-4-8(7)12)18-11(13,14)15/h3-5,9-10,17H,2,16H2,1H3/t9-,10+/m1/s1. The summed E-state index contributed by atoms with van der Waals surface area (Å²) in [5, 5.41) is 9.47. The molecule has 0 heterocycles. The summed E-state index contributed by atoms with van der Waals surface area (Å²) in [5.41, 5.74) is 5.34. The molecule has 102 valence electrons. The maximum absolute atomic E-state index is 13.4. The van der Waals surface area contributed by atoms with Gasteiger partial charge in [-0.15, -0.1) is 13.2 Å². The largest absolute Gasteiger partial charge is 0.573 e. The van der Waals surface area contributed by atoms with Crippen LogP contribution >= 0.6 is 0 Å². The van der Waals surface area contributed by atoms with Crippen molar-refractivity contribution < 1.29 is 27.4 Å². The predicted molar refractivity (Wildman–Crippen MR) is 56.3 cm³/mol. The topological polar surface area (TPSA) is 55.5 Å². The van der Waals surface area contributed by atoms with Crippen molar-refractivity contribution in [3.8, 4) is 5.75 Å². The molecule has 1 aromatic carbocycles. The number of nitrogens with two attached hydrogens (primary N) is 1. The number of aliphatic hydroxyl groups excluding tert-OH is 1. The van der Waals surface area contributed by atoms with Gasteiger partial charge in [-0.05, 0) is 24.6 Å². The van der Waals surface area contributed by atoms with Crippen molar-refractivity contribution in [2.45, 2.75) is 31.9 Å². The second kappa shape index (κ2) is 5.53. The van der Waals surface area contributed by atoms with Crippen LogP contribution in [-0.4, -0.2) is 17.6 Å². The Morgan fingerprint density at radius 2 is 2.00 bits per heavy atom. The van der Waals surface area contributed by atoms with E-state index >= 15 is 0 Å². The van der Waals surface area contributed by atoms with E-state index < -0.39 is 30.1 Å². The number of rotatable bonds is 4. The van der Waals surface area contributed by atoms with E-state index in [1.807, 2.05) is 0 Å². The highest BCUT2D eigenvalue weighted by Crippen LogP contribution is 2.28. The molecule has 0 saturated heterocycles. The Morgan fingerprint density at radius 3 is 2.50 bits per heavy atom. The molecule has 0 fully saturated rings. The number of benzene rings is 1. The molecule has 3 N–H and O–H groups in total. The van der Waals surface area contributed by atoms with Gasteiger partial charge in [-0.1, -0.05) is 6.92 Å². The lowest BCUT2D eigenvalue weighted by atomic mass is 10.00. The SMILES string of the molecule is CC[C@@H](O)[C@@H](N)c1cc(OC(F)(F)F)ccc1F. The van der Waals surface area contributed by atoms with Crippen LogP contribution in [0.15, 0.2) is 18.2 Å². The summed E-state index contributed by atoms with van der Waals surface area (Å²) in [6, 6.07) is 1.40. The van der Waals surface area contributed by atoms with Gasteiger partial charge in [-0.2, -0.15) is 0 Å². The Morgan fingerprint density at radius 1 is 1.39 bits per heavy atom. The van der Waals surface area contributed by atoms with E-state index in [2.05, 4.69) is 4.74 Å². The van der Waals surface area contributed by atoms with Gasteiger partial charge in [0.05, 0.1) is 12.1 Å². The van der Waals surface area contributed by atoms with E-state index in [-0.39, 0.29) is 12.0 Å². The summed E-state index contributed by atoms with van der Waals surface area (Å²) >= 11 is 0. The highest BCUT2D eigenvalue weighted by molar-refractivity contribution is 5.32. The van der Waals surface area contributed by atoms with E-state index in [0.29, 0.717) is 0 Å². The first-order valence-corrected chi connectivity index (χ1v) is 5.23. The van der Waals surface area contributed by atoms with Crippen LogP contribution in [0, 0.1) is 5.82 Å². The fourth-order valence-electron chi connectivity index (χ4n) is 1.44. The second-order valence-corrected chi connectivity index (χ2v) is 3.73. The summed E-state index contributed by atoms with van der Waals surface area (Å²) in [6.07, 6.45) is -5.64. The number of halogens is 4. The van der Waals surface area contributed by atoms with Crippen molar-refractivity contribution in [1.82, 2.24) is 0 Å². The van der Waals surface area contributed by atoms with Gasteiger partial charge in [-0.3, -0.25) is 0 Å². The lowest BCUT2D eigenvalue weighted by Gasteiger charge is -2.19. The summed E-state index contributed by atoms with van der Waals surface area (Å²) in [6.45, 7) is 1.62. The first kappa shape index (κ1) is 14.7. The van der Waals surface area contributed by atoms with Crippen molar-refractivity contribution >= 4 is 0 Å². The number of hydrogen-bond donors (Lipinski definition) is 2. The van der Waals surface area contributed by atoms with Crippen LogP contribution < -0.4 is 10.5 Å². The Bertz CT molecular complexity index is 409. The zero-order valence-electron chi connectivity index (χ0n) is 9.54. The quantitative estimate of drug-likeness (QED) is 0.824. The van der Waals surface area contributed by atoms with Gasteiger partial charge in [0.2, 0.25) is 0 Å². The molecular formula is C11H13F4NO2. The third-order valence-corrected chi connectivity index (χ3v) is 2.39. The molecule has 2 atom stereocenters. The fourth-order valence-corrected chi connectivity index (χ4v) is 1.44. The molecule has 0 aliphatic rings. The molecular weight excluding hydrogens is 254 g/mol. The number of alkyl halides is 3. The third kappa shape index (κ3) is 3.85. The molecule has 0 unspecified atom stereocenters. The molecule has 0 aliphatic carbocycles. The Labute approximate surface area is 101 Å². The zero-order valence-corrected chi connectivity index (χ0v) is 9.54. The van der Waals surface area contributed by atoms with Gasteiger partial charge in [0.25, 0.3) is 0 Å². The Hall–Kier alpha value is -1.34. The van der Waals surface area contributed by atoms with Crippen LogP contribution in [0.1, 0.15) is 24.9 Å². The molecule has 18 heavy (non-hydrogen) atoms. The van der Waals surface area contributed by atoms with Crippen molar-refractivity contribution in [2.24, 2.45) is 5.73 Å². The highest BCUT2D eigenvalue weighted by atomic mass is 19.4. The van der Waals surface area contributed by atoms with Gasteiger partial charge in [0.1, 0.15) is 11.6 Å². The molecule has 3 nitrogen and oxygen atoms in total. The van der Waals surface area contributed by atoms with Crippen LogP contribution in [0.5, 0.6) is 5.75 Å². The van der Waals surface area contributed by atoms with Crippen molar-refractivity contribution in [1.29, 1.82) is 0 Å². The van der Waals surface area contributed by atoms with Crippen LogP contribution in [0.2, 0.25) is 0 Å². The average molecular weight is 267 g/mol. The van der Waals surface area contributed by atoms with Crippen molar-refractivity contribution in [2.75, 3.05) is 0 Å². The summed E-state index contributed by atoms with van der Waals surface area (Å²) < 4.78 is 53.1. The van der Waals surface area contributed by atoms with E-state index in [1.165, 1.54) is 0 Å². The predicted octanol–water partition coefficient (Wildman–Crippen LogP) is 2.50. The van der Waals surface area contributed by atoms with Crippen molar-refractivity contribution in [3.63, 3.8) is 0 Å². The highest BCUT2D eigenvalue weighted by Gasteiger charge is 2.31. The lowest BCUT2D eigenvalue weighted by Crippen LogP contribution is -2.26. The molecule has 0 saturated carbocycles. The van der Waals surface area contributed by atoms with Crippen molar-refractivity contribution in [3.05, 3.63) is 29.6 Å². The average Bonchev–Trinajstić information content (AvgIpc) is 2.28. The molecule has 0 bridgehead atoms. The van der Waals surface area contributed by atoms with Crippen LogP contribution in [0.3, 0.4) is 0 Å². The van der Waals surface area contributed by atoms with Crippen LogP contribution in [0.4, 0.5) is 17.6 Å². The van der Waals surface area contributed by atoms with E-state index in [4.69, 9.17) is 5.73 Å². The zero-order chi connectivity index (χ0) is 13.9. The number of hydrogen-bond acceptors (Lipinski definition) is 3. The monoisotopic (exact) mass is 267 g/mol. The van der Waals surface area contributed by atoms with Crippen LogP contribution in [0.25, 0.3) is 0 Å². The summed E-state index contributed by atoms with van der Waals surface area (Å²) in [7, 11) is 0. The smallest absolute Gasteiger partial charge is 0.406 e. The van der Waals surface area contributed by atoms with E-state index in [9.17, 15) is 22.7 Å². The van der Waals surface area contributed by atoms with E-state index in [0.717, 1.165) is 18.2 Å². The molecule has 1 rings (SSSR count). The van der Waals surface area contributed by atoms with Gasteiger partial charge >= 0.3 is 6.36 Å². The Kier molecular flexibility index (Phi) is 4.53. The first-order chi connectivity index (χ1) is 8.24. The molecule has 0 radical (unpaired) electrons. The second-order valence-electron chi connectivity index (χ2n) is 3.73. The Balaban J connectivity index is 3.01. The molecule has 0 spiro atoms. The summed E-state index contributed by atoms with van der Waals surface area (Å²) in [5.74, 6) is -1.36. The summed E-state index contributed by atoms with van der Waals surface area (Å²) in [4.78, 5) is 0. The maximum atomic E-state index is 13.4. The van der Waals surface area contributed by atoms with Gasteiger partial charge in [-0.25, -0.2) is 4.39 Å². The maximum Gasteiger partial charge on any atom is 0.573 e. The lowest BCUT2D eigenvalue weighted by molar-refractivity contribution is -0.274. The minimum absolute atomic E-state index is 0.217. The minimum Gasteiger partial charge on any atom is -0.406 e. The molecule has 0 amide bonds. The molecule has 0 aliphatic heterocycles. The normalized spacial score (nSPS) is 15.3. The minimum atomic E-state index is -4.86.